The highest BCUT2D eigenvalue weighted by Crippen LogP contribution is 2.42. The number of thioether (sulfide) groups is 1. The number of carbonyl (C=O) groups excluding carboxylic acids is 2. The van der Waals surface area contributed by atoms with Crippen molar-refractivity contribution in [2.75, 3.05) is 31.9 Å². The molecule has 0 unspecified atom stereocenters. The fraction of sp³-hybridized carbons (Fsp3) is 0.867. The van der Waals surface area contributed by atoms with Gasteiger partial charge in [-0.3, -0.25) is 19.4 Å². The highest BCUT2D eigenvalue weighted by molar-refractivity contribution is 8.00. The molecular weight excluding hydrogens is 272 g/mol. The van der Waals surface area contributed by atoms with Crippen molar-refractivity contribution >= 4 is 23.6 Å². The quantitative estimate of drug-likeness (QED) is 0.746. The number of amides is 2. The number of imide groups is 1. The Labute approximate surface area is 125 Å². The van der Waals surface area contributed by atoms with Crippen LogP contribution in [0, 0.1) is 0 Å². The Balaban J connectivity index is 1.52. The Morgan fingerprint density at radius 1 is 1.00 bits per heavy atom. The third kappa shape index (κ3) is 3.03. The van der Waals surface area contributed by atoms with E-state index in [4.69, 9.17) is 0 Å². The summed E-state index contributed by atoms with van der Waals surface area (Å²) in [6.07, 6.45) is 7.63. The Morgan fingerprint density at radius 2 is 1.70 bits per heavy atom. The lowest BCUT2D eigenvalue weighted by Gasteiger charge is -2.45. The topological polar surface area (TPSA) is 40.6 Å². The largest absolute Gasteiger partial charge is 0.299 e. The summed E-state index contributed by atoms with van der Waals surface area (Å²) in [4.78, 5) is 27.2. The van der Waals surface area contributed by atoms with Crippen molar-refractivity contribution in [2.45, 2.75) is 49.7 Å². The Morgan fingerprint density at radius 3 is 2.40 bits per heavy atom. The van der Waals surface area contributed by atoms with Gasteiger partial charge in [-0.1, -0.05) is 19.3 Å². The van der Waals surface area contributed by atoms with Crippen LogP contribution in [0.25, 0.3) is 0 Å². The molecule has 20 heavy (non-hydrogen) atoms. The summed E-state index contributed by atoms with van der Waals surface area (Å²) >= 11 is 2.16. The van der Waals surface area contributed by atoms with Crippen LogP contribution < -0.4 is 0 Å². The molecule has 0 aromatic heterocycles. The molecule has 4 nitrogen and oxygen atoms in total. The van der Waals surface area contributed by atoms with Crippen LogP contribution in [0.1, 0.15) is 44.9 Å². The molecule has 0 radical (unpaired) electrons. The predicted molar refractivity (Wildman–Crippen MR) is 80.7 cm³/mol. The second-order valence-electron chi connectivity index (χ2n) is 6.31. The number of hydrogen-bond acceptors (Lipinski definition) is 4. The van der Waals surface area contributed by atoms with Gasteiger partial charge in [-0.05, 0) is 12.8 Å². The SMILES string of the molecule is O=C1CCC(=O)N1CCN1CCSC2(CCCCC2)C1. The molecule has 3 fully saturated rings. The first-order chi connectivity index (χ1) is 9.69. The van der Waals surface area contributed by atoms with Gasteiger partial charge in [0.25, 0.3) is 0 Å². The van der Waals surface area contributed by atoms with Crippen molar-refractivity contribution in [3.05, 3.63) is 0 Å². The fourth-order valence-corrected chi connectivity index (χ4v) is 5.36. The fourth-order valence-electron chi connectivity index (χ4n) is 3.73. The second kappa shape index (κ2) is 6.06. The van der Waals surface area contributed by atoms with Crippen LogP contribution in [0.3, 0.4) is 0 Å². The van der Waals surface area contributed by atoms with Crippen molar-refractivity contribution in [2.24, 2.45) is 0 Å². The van der Waals surface area contributed by atoms with Crippen molar-refractivity contribution in [3.63, 3.8) is 0 Å². The van der Waals surface area contributed by atoms with E-state index >= 15 is 0 Å². The standard InChI is InChI=1S/C15H24N2O2S/c18-13-4-5-14(19)17(13)9-8-16-10-11-20-15(12-16)6-2-1-3-7-15/h1-12H2. The molecule has 2 heterocycles. The number of hydrogen-bond donors (Lipinski definition) is 0. The van der Waals surface area contributed by atoms with E-state index in [1.54, 1.807) is 0 Å². The van der Waals surface area contributed by atoms with Crippen LogP contribution >= 0.6 is 11.8 Å². The number of carbonyl (C=O) groups is 2. The summed E-state index contributed by atoms with van der Waals surface area (Å²) in [6, 6.07) is 0. The molecule has 0 atom stereocenters. The zero-order valence-corrected chi connectivity index (χ0v) is 12.9. The molecule has 3 aliphatic rings. The van der Waals surface area contributed by atoms with Crippen molar-refractivity contribution in [1.29, 1.82) is 0 Å². The van der Waals surface area contributed by atoms with Crippen molar-refractivity contribution in [3.8, 4) is 0 Å². The van der Waals surface area contributed by atoms with Gasteiger partial charge in [0.1, 0.15) is 0 Å². The molecule has 0 bridgehead atoms. The van der Waals surface area contributed by atoms with E-state index in [1.165, 1.54) is 42.8 Å². The average Bonchev–Trinajstić information content (AvgIpc) is 2.77. The van der Waals surface area contributed by atoms with Gasteiger partial charge in [0, 0.05) is 49.5 Å². The minimum absolute atomic E-state index is 0.0220. The van der Waals surface area contributed by atoms with E-state index in [-0.39, 0.29) is 11.8 Å². The number of likely N-dealkylation sites (tertiary alicyclic amines) is 1. The van der Waals surface area contributed by atoms with Crippen LogP contribution in [0.2, 0.25) is 0 Å². The van der Waals surface area contributed by atoms with Gasteiger partial charge in [0.05, 0.1) is 0 Å². The van der Waals surface area contributed by atoms with Crippen molar-refractivity contribution < 1.29 is 9.59 Å². The first-order valence-electron chi connectivity index (χ1n) is 7.88. The lowest BCUT2D eigenvalue weighted by atomic mass is 9.87. The molecule has 3 rings (SSSR count). The maximum Gasteiger partial charge on any atom is 0.229 e. The normalized spacial score (nSPS) is 27.5. The van der Waals surface area contributed by atoms with Crippen molar-refractivity contribution in [1.82, 2.24) is 9.80 Å². The highest BCUT2D eigenvalue weighted by Gasteiger charge is 2.37. The molecule has 1 aliphatic carbocycles. The molecule has 112 valence electrons. The zero-order valence-electron chi connectivity index (χ0n) is 12.1. The summed E-state index contributed by atoms with van der Waals surface area (Å²) in [5.41, 5.74) is 0. The van der Waals surface area contributed by atoms with E-state index in [9.17, 15) is 9.59 Å². The second-order valence-corrected chi connectivity index (χ2v) is 7.87. The maximum atomic E-state index is 11.6. The molecular formula is C15H24N2O2S. The van der Waals surface area contributed by atoms with Crippen LogP contribution in [0.5, 0.6) is 0 Å². The minimum atomic E-state index is 0.0220. The Kier molecular flexibility index (Phi) is 4.36. The van der Waals surface area contributed by atoms with E-state index in [1.807, 2.05) is 0 Å². The van der Waals surface area contributed by atoms with E-state index in [0.29, 0.717) is 24.1 Å². The van der Waals surface area contributed by atoms with Gasteiger partial charge in [-0.15, -0.1) is 0 Å². The molecule has 0 aromatic rings. The maximum absolute atomic E-state index is 11.6. The smallest absolute Gasteiger partial charge is 0.229 e. The molecule has 2 amide bonds. The summed E-state index contributed by atoms with van der Waals surface area (Å²) in [5, 5.41) is 0. The first-order valence-corrected chi connectivity index (χ1v) is 8.87. The lowest BCUT2D eigenvalue weighted by molar-refractivity contribution is -0.138. The predicted octanol–water partition coefficient (Wildman–Crippen LogP) is 1.89. The molecule has 5 heteroatoms. The molecule has 0 N–H and O–H groups in total. The van der Waals surface area contributed by atoms with E-state index < -0.39 is 0 Å². The molecule has 2 saturated heterocycles. The van der Waals surface area contributed by atoms with E-state index in [0.717, 1.165) is 19.6 Å². The van der Waals surface area contributed by atoms with Crippen LogP contribution in [0.15, 0.2) is 0 Å². The third-order valence-electron chi connectivity index (χ3n) is 4.89. The first kappa shape index (κ1) is 14.4. The van der Waals surface area contributed by atoms with Gasteiger partial charge in [0.15, 0.2) is 0 Å². The summed E-state index contributed by atoms with van der Waals surface area (Å²) in [7, 11) is 0. The van der Waals surface area contributed by atoms with Crippen LogP contribution in [-0.2, 0) is 9.59 Å². The summed E-state index contributed by atoms with van der Waals surface area (Å²) in [6.45, 7) is 3.70. The third-order valence-corrected chi connectivity index (χ3v) is 6.42. The number of nitrogens with zero attached hydrogens (tertiary/aromatic N) is 2. The monoisotopic (exact) mass is 296 g/mol. The van der Waals surface area contributed by atoms with Gasteiger partial charge in [-0.25, -0.2) is 0 Å². The highest BCUT2D eigenvalue weighted by atomic mass is 32.2. The molecule has 1 saturated carbocycles. The minimum Gasteiger partial charge on any atom is -0.299 e. The lowest BCUT2D eigenvalue weighted by Crippen LogP contribution is -2.50. The van der Waals surface area contributed by atoms with Gasteiger partial charge < -0.3 is 0 Å². The molecule has 2 aliphatic heterocycles. The average molecular weight is 296 g/mol. The van der Waals surface area contributed by atoms with Gasteiger partial charge in [-0.2, -0.15) is 11.8 Å². The number of rotatable bonds is 3. The van der Waals surface area contributed by atoms with E-state index in [2.05, 4.69) is 16.7 Å². The van der Waals surface area contributed by atoms with Gasteiger partial charge in [0.2, 0.25) is 11.8 Å². The summed E-state index contributed by atoms with van der Waals surface area (Å²) < 4.78 is 0.468. The summed E-state index contributed by atoms with van der Waals surface area (Å²) in [5.74, 6) is 1.24. The molecule has 0 aromatic carbocycles. The van der Waals surface area contributed by atoms with Gasteiger partial charge >= 0.3 is 0 Å². The zero-order chi connectivity index (χ0) is 14.0. The Bertz CT molecular complexity index is 372. The van der Waals surface area contributed by atoms with Crippen LogP contribution in [0.4, 0.5) is 0 Å². The molecule has 1 spiro atoms. The van der Waals surface area contributed by atoms with Crippen LogP contribution in [-0.4, -0.2) is 58.3 Å². The Hall–Kier alpha value is -0.550.